The molecule has 0 aromatic heterocycles. The van der Waals surface area contributed by atoms with Gasteiger partial charge in [0, 0.05) is 35.6 Å². The van der Waals surface area contributed by atoms with E-state index in [9.17, 15) is 0 Å². The number of hydrogen-bond donors (Lipinski definition) is 2. The van der Waals surface area contributed by atoms with Crippen LogP contribution in [0.4, 0.5) is 11.4 Å². The van der Waals surface area contributed by atoms with Gasteiger partial charge in [-0.15, -0.1) is 0 Å². The molecule has 0 unspecified atom stereocenters. The number of rotatable bonds is 50. The predicted molar refractivity (Wildman–Crippen MR) is 306 cm³/mol. The van der Waals surface area contributed by atoms with Crippen molar-refractivity contribution in [3.63, 3.8) is 0 Å². The average molecular weight is 998 g/mol. The molecule has 2 aromatic carbocycles. The highest BCUT2D eigenvalue weighted by molar-refractivity contribution is 7.80. The Morgan fingerprint density at radius 3 is 0.686 bits per heavy atom. The molecule has 2 aromatic rings. The zero-order valence-electron chi connectivity index (χ0n) is 46.4. The number of ether oxygens (including phenoxy) is 6. The Balaban J connectivity index is 2.45. The molecule has 0 fully saturated rings. The molecule has 0 aliphatic rings. The lowest BCUT2D eigenvalue weighted by atomic mass is 10.1. The fraction of sp³-hybridized carbons (Fsp3) is 0.787. The van der Waals surface area contributed by atoms with Crippen LogP contribution in [-0.2, 0) is 0 Å². The first kappa shape index (κ1) is 63.0. The van der Waals surface area contributed by atoms with E-state index >= 15 is 0 Å². The minimum atomic E-state index is 0.453. The summed E-state index contributed by atoms with van der Waals surface area (Å²) in [4.78, 5) is 0. The molecule has 0 atom stereocenters. The second kappa shape index (κ2) is 45.8. The number of unbranched alkanes of at least 4 members (excludes halogenated alkanes) is 30. The van der Waals surface area contributed by atoms with Crippen molar-refractivity contribution in [2.24, 2.45) is 0 Å². The van der Waals surface area contributed by atoms with E-state index in [-0.39, 0.29) is 0 Å². The third kappa shape index (κ3) is 32.1. The Hall–Kier alpha value is -3.07. The first-order valence-electron chi connectivity index (χ1n) is 29.7. The van der Waals surface area contributed by atoms with Crippen LogP contribution in [0.1, 0.15) is 273 Å². The van der Waals surface area contributed by atoms with Crippen molar-refractivity contribution >= 4 is 28.7 Å². The van der Waals surface area contributed by atoms with Crippen LogP contribution in [0.25, 0.3) is 0 Å². The minimum absolute atomic E-state index is 0.453. The van der Waals surface area contributed by atoms with Crippen molar-refractivity contribution in [3.8, 4) is 34.5 Å². The van der Waals surface area contributed by atoms with Crippen LogP contribution in [0.5, 0.6) is 34.5 Å². The van der Waals surface area contributed by atoms with Crippen molar-refractivity contribution in [1.82, 2.24) is 0 Å². The summed E-state index contributed by atoms with van der Waals surface area (Å²) in [6, 6.07) is 8.12. The molecule has 2 rings (SSSR count). The molecule has 0 amide bonds. The van der Waals surface area contributed by atoms with E-state index in [1.165, 1.54) is 154 Å². The molecule has 0 heterocycles. The van der Waals surface area contributed by atoms with E-state index in [1.54, 1.807) is 0 Å². The highest BCUT2D eigenvalue weighted by Crippen LogP contribution is 2.43. The first-order chi connectivity index (χ1) is 34.5. The topological polar surface area (TPSA) is 79.4 Å². The normalized spacial score (nSPS) is 11.2. The van der Waals surface area contributed by atoms with Gasteiger partial charge in [-0.1, -0.05) is 234 Å². The Morgan fingerprint density at radius 1 is 0.286 bits per heavy atom. The highest BCUT2D eigenvalue weighted by Gasteiger charge is 2.20. The lowest BCUT2D eigenvalue weighted by molar-refractivity contribution is 0.234. The summed E-state index contributed by atoms with van der Waals surface area (Å²) >= 11 is 6.09. The van der Waals surface area contributed by atoms with E-state index in [1.807, 2.05) is 24.3 Å². The molecular formula is C61H108N2O6S. The summed E-state index contributed by atoms with van der Waals surface area (Å²) in [6.45, 7) is 17.3. The molecule has 0 aliphatic heterocycles. The maximum Gasteiger partial charge on any atom is 0.203 e. The smallest absolute Gasteiger partial charge is 0.203 e. The van der Waals surface area contributed by atoms with Crippen LogP contribution < -0.4 is 39.1 Å². The lowest BCUT2D eigenvalue weighted by Gasteiger charge is -2.21. The van der Waals surface area contributed by atoms with Crippen LogP contribution >= 0.6 is 12.2 Å². The fourth-order valence-electron chi connectivity index (χ4n) is 8.68. The molecule has 0 saturated heterocycles. The van der Waals surface area contributed by atoms with Crippen molar-refractivity contribution in [2.45, 2.75) is 273 Å². The molecule has 0 bridgehead atoms. The number of hydrogen-bond acceptors (Lipinski definition) is 7. The van der Waals surface area contributed by atoms with Gasteiger partial charge in [-0.25, -0.2) is 0 Å². The minimum Gasteiger partial charge on any atom is -0.489 e. The van der Waals surface area contributed by atoms with Crippen LogP contribution in [0, 0.1) is 0 Å². The van der Waals surface area contributed by atoms with E-state index in [0.29, 0.717) is 79.3 Å². The third-order valence-electron chi connectivity index (χ3n) is 13.1. The summed E-state index contributed by atoms with van der Waals surface area (Å²) in [5.74, 6) is 4.21. The van der Waals surface area contributed by atoms with E-state index in [0.717, 1.165) is 88.4 Å². The summed E-state index contributed by atoms with van der Waals surface area (Å²) in [5, 5.41) is 7.46. The molecule has 0 aliphatic carbocycles. The van der Waals surface area contributed by atoms with Gasteiger partial charge in [-0.05, 0) is 50.7 Å². The van der Waals surface area contributed by atoms with E-state index < -0.39 is 0 Å². The zero-order valence-corrected chi connectivity index (χ0v) is 47.2. The van der Waals surface area contributed by atoms with Gasteiger partial charge in [0.2, 0.25) is 11.5 Å². The van der Waals surface area contributed by atoms with Gasteiger partial charge in [-0.2, -0.15) is 0 Å². The summed E-state index contributed by atoms with van der Waals surface area (Å²) in [6.07, 6.45) is 43.2. The quantitative estimate of drug-likeness (QED) is 0.0498. The average Bonchev–Trinajstić information content (AvgIpc) is 3.35. The molecule has 0 radical (unpaired) electrons. The zero-order chi connectivity index (χ0) is 50.4. The Morgan fingerprint density at radius 2 is 0.471 bits per heavy atom. The van der Waals surface area contributed by atoms with Gasteiger partial charge < -0.3 is 39.1 Å². The Kier molecular flexibility index (Phi) is 41.2. The van der Waals surface area contributed by atoms with Gasteiger partial charge >= 0.3 is 0 Å². The Bertz CT molecular complexity index is 1340. The molecular weight excluding hydrogens is 889 g/mol. The van der Waals surface area contributed by atoms with Gasteiger partial charge in [0.25, 0.3) is 0 Å². The van der Waals surface area contributed by atoms with Crippen molar-refractivity contribution in [3.05, 3.63) is 24.3 Å². The molecule has 0 saturated carbocycles. The standard InChI is InChI=1S/C61H108N2O6S/c1-7-13-19-25-31-37-43-64-55-49-53(50-56(65-44-38-32-26-20-14-8-2)59(55)68-47-41-35-29-23-17-11-5)62-61(70)63-54-51-57(66-45-39-33-27-21-15-9-3)60(69-48-42-36-30-24-18-12-6)58(52-54)67-46-40-34-28-22-16-10-4/h49-52H,7-48H2,1-6H3,(H2,62,63,70). The molecule has 2 N–H and O–H groups in total. The Labute approximate surface area is 437 Å². The SMILES string of the molecule is CCCCCCCCOc1cc(NC(=S)Nc2cc(OCCCCCCCC)c(OCCCCCCCC)c(OCCCCCCCC)c2)cc(OCCCCCCCC)c1OCCCCCCCC. The highest BCUT2D eigenvalue weighted by atomic mass is 32.1. The van der Waals surface area contributed by atoms with Crippen molar-refractivity contribution < 1.29 is 28.4 Å². The number of thiocarbonyl (C=S) groups is 1. The van der Waals surface area contributed by atoms with Gasteiger partial charge in [0.15, 0.2) is 28.1 Å². The number of anilines is 2. The number of benzene rings is 2. The molecule has 70 heavy (non-hydrogen) atoms. The van der Waals surface area contributed by atoms with Gasteiger partial charge in [0.1, 0.15) is 0 Å². The number of nitrogens with one attached hydrogen (secondary N) is 2. The van der Waals surface area contributed by atoms with E-state index in [2.05, 4.69) is 52.2 Å². The lowest BCUT2D eigenvalue weighted by Crippen LogP contribution is -2.19. The van der Waals surface area contributed by atoms with Crippen molar-refractivity contribution in [2.75, 3.05) is 50.3 Å². The largest absolute Gasteiger partial charge is 0.489 e. The van der Waals surface area contributed by atoms with Gasteiger partial charge in [-0.3, -0.25) is 0 Å². The third-order valence-corrected chi connectivity index (χ3v) is 13.3. The van der Waals surface area contributed by atoms with Crippen LogP contribution in [0.3, 0.4) is 0 Å². The second-order valence-corrected chi connectivity index (χ2v) is 20.3. The molecule has 404 valence electrons. The molecule has 8 nitrogen and oxygen atoms in total. The summed E-state index contributed by atoms with van der Waals surface area (Å²) in [7, 11) is 0. The maximum atomic E-state index is 6.61. The fourth-order valence-corrected chi connectivity index (χ4v) is 8.91. The summed E-state index contributed by atoms with van der Waals surface area (Å²) < 4.78 is 39.7. The first-order valence-corrected chi connectivity index (χ1v) is 30.1. The molecule has 9 heteroatoms. The second-order valence-electron chi connectivity index (χ2n) is 19.9. The maximum absolute atomic E-state index is 6.61. The van der Waals surface area contributed by atoms with Gasteiger partial charge in [0.05, 0.1) is 39.6 Å². The van der Waals surface area contributed by atoms with Crippen LogP contribution in [-0.4, -0.2) is 44.8 Å². The predicted octanol–water partition coefficient (Wildman–Crippen LogP) is 19.9. The monoisotopic (exact) mass is 997 g/mol. The van der Waals surface area contributed by atoms with Crippen LogP contribution in [0.2, 0.25) is 0 Å². The van der Waals surface area contributed by atoms with Crippen molar-refractivity contribution in [1.29, 1.82) is 0 Å². The van der Waals surface area contributed by atoms with E-state index in [4.69, 9.17) is 40.6 Å². The van der Waals surface area contributed by atoms with Crippen LogP contribution in [0.15, 0.2) is 24.3 Å². The summed E-state index contributed by atoms with van der Waals surface area (Å²) in [5.41, 5.74) is 1.58. The molecule has 0 spiro atoms.